The molecule has 0 spiro atoms. The van der Waals surface area contributed by atoms with Gasteiger partial charge in [0.1, 0.15) is 6.10 Å². The van der Waals surface area contributed by atoms with Crippen LogP contribution in [0.2, 0.25) is 0 Å². The average Bonchev–Trinajstić information content (AvgIpc) is 2.92. The number of hydrogen-bond acceptors (Lipinski definition) is 4. The van der Waals surface area contributed by atoms with Crippen LogP contribution >= 0.6 is 0 Å². The number of rotatable bonds is 7. The quantitative estimate of drug-likeness (QED) is 0.531. The summed E-state index contributed by atoms with van der Waals surface area (Å²) in [6, 6.07) is 0. The molecule has 0 N–H and O–H groups in total. The van der Waals surface area contributed by atoms with E-state index in [2.05, 4.69) is 5.92 Å². The van der Waals surface area contributed by atoms with Crippen LogP contribution in [0.25, 0.3) is 0 Å². The van der Waals surface area contributed by atoms with E-state index in [4.69, 9.17) is 15.9 Å². The van der Waals surface area contributed by atoms with Gasteiger partial charge in [-0.3, -0.25) is 9.59 Å². The number of terminal acetylenes is 1. The topological polar surface area (TPSA) is 52.6 Å². The minimum atomic E-state index is -0.517. The van der Waals surface area contributed by atoms with Crippen LogP contribution in [-0.4, -0.2) is 24.1 Å². The van der Waals surface area contributed by atoms with Crippen molar-refractivity contribution in [3.05, 3.63) is 0 Å². The van der Waals surface area contributed by atoms with Crippen molar-refractivity contribution < 1.29 is 19.1 Å². The van der Waals surface area contributed by atoms with Crippen molar-refractivity contribution in [2.75, 3.05) is 0 Å². The lowest BCUT2D eigenvalue weighted by molar-refractivity contribution is -0.151. The molecule has 2 unspecified atom stereocenters. The van der Waals surface area contributed by atoms with Crippen molar-refractivity contribution >= 4 is 11.9 Å². The van der Waals surface area contributed by atoms with Crippen LogP contribution in [0.1, 0.15) is 58.8 Å². The van der Waals surface area contributed by atoms with Gasteiger partial charge in [0.15, 0.2) is 6.10 Å². The Morgan fingerprint density at radius 1 is 1.15 bits per heavy atom. The van der Waals surface area contributed by atoms with E-state index < -0.39 is 6.10 Å². The fourth-order valence-electron chi connectivity index (χ4n) is 2.46. The molecule has 1 rings (SSSR count). The molecule has 4 nitrogen and oxygen atoms in total. The molecule has 0 radical (unpaired) electrons. The van der Waals surface area contributed by atoms with Crippen molar-refractivity contribution in [3.8, 4) is 12.3 Å². The molecule has 0 aromatic carbocycles. The first-order valence-electron chi connectivity index (χ1n) is 7.38. The van der Waals surface area contributed by atoms with Crippen LogP contribution in [0, 0.1) is 18.3 Å². The highest BCUT2D eigenvalue weighted by Gasteiger charge is 2.24. The highest BCUT2D eigenvalue weighted by Crippen LogP contribution is 2.29. The third-order valence-electron chi connectivity index (χ3n) is 3.69. The second-order valence-electron chi connectivity index (χ2n) is 5.39. The molecular weight excluding hydrogens is 256 g/mol. The number of hydrogen-bond donors (Lipinski definition) is 0. The number of carbonyl (C=O) groups excluding carboxylic acids is 2. The fraction of sp³-hybridized carbons (Fsp3) is 0.750. The summed E-state index contributed by atoms with van der Waals surface area (Å²) >= 11 is 0. The van der Waals surface area contributed by atoms with E-state index in [0.717, 1.165) is 12.8 Å². The Hall–Kier alpha value is -1.50. The first kappa shape index (κ1) is 16.6. The molecule has 0 heterocycles. The Morgan fingerprint density at radius 3 is 2.25 bits per heavy atom. The number of ether oxygens (including phenoxy) is 2. The lowest BCUT2D eigenvalue weighted by Gasteiger charge is -2.19. The van der Waals surface area contributed by atoms with Gasteiger partial charge >= 0.3 is 11.9 Å². The summed E-state index contributed by atoms with van der Waals surface area (Å²) in [7, 11) is 0. The van der Waals surface area contributed by atoms with Crippen LogP contribution in [0.15, 0.2) is 0 Å². The molecule has 0 aromatic rings. The second kappa shape index (κ2) is 8.63. The SMILES string of the molecule is C#CC(C)OC(=O)CCCC(=O)OC(C)C1CCCC1. The molecule has 20 heavy (non-hydrogen) atoms. The highest BCUT2D eigenvalue weighted by molar-refractivity contribution is 5.72. The Bertz CT molecular complexity index is 363. The van der Waals surface area contributed by atoms with Gasteiger partial charge in [0.25, 0.3) is 0 Å². The molecule has 1 saturated carbocycles. The van der Waals surface area contributed by atoms with Crippen molar-refractivity contribution in [2.24, 2.45) is 5.92 Å². The molecule has 2 atom stereocenters. The first-order chi connectivity index (χ1) is 9.52. The third kappa shape index (κ3) is 6.10. The first-order valence-corrected chi connectivity index (χ1v) is 7.38. The van der Waals surface area contributed by atoms with E-state index in [1.54, 1.807) is 6.92 Å². The van der Waals surface area contributed by atoms with Crippen LogP contribution < -0.4 is 0 Å². The van der Waals surface area contributed by atoms with E-state index in [1.807, 2.05) is 6.92 Å². The van der Waals surface area contributed by atoms with Gasteiger partial charge in [0.05, 0.1) is 0 Å². The normalized spacial score (nSPS) is 18.1. The number of carbonyl (C=O) groups is 2. The molecule has 1 aliphatic rings. The Balaban J connectivity index is 2.13. The predicted octanol–water partition coefficient (Wildman–Crippen LogP) is 2.84. The van der Waals surface area contributed by atoms with Crippen molar-refractivity contribution in [1.29, 1.82) is 0 Å². The van der Waals surface area contributed by atoms with E-state index in [0.29, 0.717) is 12.3 Å². The van der Waals surface area contributed by atoms with E-state index in [1.165, 1.54) is 12.8 Å². The molecule has 1 aliphatic carbocycles. The zero-order valence-electron chi connectivity index (χ0n) is 12.4. The van der Waals surface area contributed by atoms with Crippen LogP contribution in [-0.2, 0) is 19.1 Å². The molecule has 0 aliphatic heterocycles. The van der Waals surface area contributed by atoms with Crippen molar-refractivity contribution in [2.45, 2.75) is 71.0 Å². The van der Waals surface area contributed by atoms with Gasteiger partial charge in [0, 0.05) is 12.8 Å². The van der Waals surface area contributed by atoms with E-state index in [-0.39, 0.29) is 30.9 Å². The lowest BCUT2D eigenvalue weighted by Crippen LogP contribution is -2.22. The van der Waals surface area contributed by atoms with Crippen LogP contribution in [0.4, 0.5) is 0 Å². The summed E-state index contributed by atoms with van der Waals surface area (Å²) in [4.78, 5) is 23.0. The summed E-state index contributed by atoms with van der Waals surface area (Å²) < 4.78 is 10.3. The molecule has 0 saturated heterocycles. The summed E-state index contributed by atoms with van der Waals surface area (Å²) in [5.41, 5.74) is 0. The minimum Gasteiger partial charge on any atom is -0.462 e. The molecule has 4 heteroatoms. The van der Waals surface area contributed by atoms with Crippen LogP contribution in [0.3, 0.4) is 0 Å². The Labute approximate surface area is 121 Å². The average molecular weight is 280 g/mol. The standard InChI is InChI=1S/C16H24O4/c1-4-12(2)19-15(17)10-7-11-16(18)20-13(3)14-8-5-6-9-14/h1,12-14H,5-11H2,2-3H3. The Morgan fingerprint density at radius 2 is 1.70 bits per heavy atom. The van der Waals surface area contributed by atoms with Gasteiger partial charge in [0.2, 0.25) is 0 Å². The van der Waals surface area contributed by atoms with Crippen molar-refractivity contribution in [1.82, 2.24) is 0 Å². The van der Waals surface area contributed by atoms with Gasteiger partial charge in [-0.25, -0.2) is 0 Å². The van der Waals surface area contributed by atoms with Crippen molar-refractivity contribution in [3.63, 3.8) is 0 Å². The van der Waals surface area contributed by atoms with Gasteiger partial charge in [-0.2, -0.15) is 0 Å². The summed E-state index contributed by atoms with van der Waals surface area (Å²) in [5, 5.41) is 0. The predicted molar refractivity (Wildman–Crippen MR) is 75.8 cm³/mol. The number of esters is 2. The molecule has 1 fully saturated rings. The smallest absolute Gasteiger partial charge is 0.307 e. The molecule has 0 amide bonds. The third-order valence-corrected chi connectivity index (χ3v) is 3.69. The monoisotopic (exact) mass is 280 g/mol. The maximum Gasteiger partial charge on any atom is 0.307 e. The van der Waals surface area contributed by atoms with E-state index >= 15 is 0 Å². The largest absolute Gasteiger partial charge is 0.462 e. The van der Waals surface area contributed by atoms with E-state index in [9.17, 15) is 9.59 Å². The maximum absolute atomic E-state index is 11.7. The summed E-state index contributed by atoms with van der Waals surface area (Å²) in [6.07, 6.45) is 10.2. The summed E-state index contributed by atoms with van der Waals surface area (Å²) in [6.45, 7) is 3.59. The zero-order valence-corrected chi connectivity index (χ0v) is 12.4. The van der Waals surface area contributed by atoms with Gasteiger partial charge in [-0.1, -0.05) is 18.8 Å². The summed E-state index contributed by atoms with van der Waals surface area (Å²) in [5.74, 6) is 2.22. The van der Waals surface area contributed by atoms with Gasteiger partial charge in [-0.15, -0.1) is 6.42 Å². The molecule has 0 aromatic heterocycles. The zero-order chi connectivity index (χ0) is 15.0. The van der Waals surface area contributed by atoms with Crippen LogP contribution in [0.5, 0.6) is 0 Å². The molecule has 112 valence electrons. The molecular formula is C16H24O4. The molecule has 0 bridgehead atoms. The second-order valence-corrected chi connectivity index (χ2v) is 5.39. The maximum atomic E-state index is 11.7. The Kier molecular flexibility index (Phi) is 7.14. The minimum absolute atomic E-state index is 0.0154. The lowest BCUT2D eigenvalue weighted by atomic mass is 10.0. The van der Waals surface area contributed by atoms with Gasteiger partial charge < -0.3 is 9.47 Å². The van der Waals surface area contributed by atoms with Gasteiger partial charge in [-0.05, 0) is 39.0 Å². The highest BCUT2D eigenvalue weighted by atomic mass is 16.5. The fourth-order valence-corrected chi connectivity index (χ4v) is 2.46.